The molecule has 236 valence electrons. The van der Waals surface area contributed by atoms with Gasteiger partial charge in [-0.2, -0.15) is 0 Å². The summed E-state index contributed by atoms with van der Waals surface area (Å²) in [5.74, 6) is -3.79. The lowest BCUT2D eigenvalue weighted by Gasteiger charge is -2.49. The Hall–Kier alpha value is -3.80. The van der Waals surface area contributed by atoms with Crippen LogP contribution >= 0.6 is 34.7 Å². The molecule has 0 spiro atoms. The van der Waals surface area contributed by atoms with Crippen molar-refractivity contribution in [3.05, 3.63) is 45.3 Å². The molecule has 4 aliphatic rings. The minimum atomic E-state index is -1.40. The van der Waals surface area contributed by atoms with Crippen molar-refractivity contribution in [2.75, 3.05) is 31.1 Å². The highest BCUT2D eigenvalue weighted by Gasteiger charge is 2.54. The lowest BCUT2D eigenvalue weighted by Crippen LogP contribution is -2.71. The summed E-state index contributed by atoms with van der Waals surface area (Å²) in [6.07, 6.45) is 5.61. The minimum Gasteiger partial charge on any atom is -0.478 e. The van der Waals surface area contributed by atoms with Crippen molar-refractivity contribution < 1.29 is 34.2 Å². The van der Waals surface area contributed by atoms with E-state index >= 15 is 0 Å². The highest BCUT2D eigenvalue weighted by atomic mass is 35.5. The molecule has 0 bridgehead atoms. The van der Waals surface area contributed by atoms with Gasteiger partial charge in [0, 0.05) is 42.8 Å². The molecule has 4 aliphatic heterocycles. The zero-order valence-corrected chi connectivity index (χ0v) is 26.0. The van der Waals surface area contributed by atoms with E-state index in [1.54, 1.807) is 0 Å². The van der Waals surface area contributed by atoms with E-state index < -0.39 is 47.0 Å². The molecule has 1 aromatic heterocycles. The van der Waals surface area contributed by atoms with Crippen LogP contribution in [0.4, 0.5) is 5.13 Å². The smallest absolute Gasteiger partial charge is 0.352 e. The number of amides is 2. The number of carboxylic acid groups (broad SMARTS) is 2. The number of fused-ring (bicyclic) bond motifs is 1. The van der Waals surface area contributed by atoms with Gasteiger partial charge < -0.3 is 41.6 Å². The first kappa shape index (κ1) is 31.6. The molecule has 18 heteroatoms. The number of anilines is 1. The topological polar surface area (TPSA) is 212 Å². The van der Waals surface area contributed by atoms with Crippen LogP contribution in [0.2, 0.25) is 4.34 Å². The maximum Gasteiger partial charge on any atom is 0.352 e. The number of hydrogen-bond acceptors (Lipinski definition) is 13. The number of oxime groups is 1. The number of aliphatic carboxylic acids is 2. The summed E-state index contributed by atoms with van der Waals surface area (Å²) < 4.78 is 0.00611. The average Bonchev–Trinajstić information content (AvgIpc) is 3.61. The van der Waals surface area contributed by atoms with Gasteiger partial charge in [0.15, 0.2) is 10.8 Å². The molecule has 15 nitrogen and oxygen atoms in total. The molecule has 1 aromatic rings. The largest absolute Gasteiger partial charge is 0.478 e. The van der Waals surface area contributed by atoms with Gasteiger partial charge in [-0.3, -0.25) is 14.5 Å². The predicted molar refractivity (Wildman–Crippen MR) is 164 cm³/mol. The predicted octanol–water partition coefficient (Wildman–Crippen LogP) is 0.364. The lowest BCUT2D eigenvalue weighted by atomic mass is 10.0. The second kappa shape index (κ2) is 13.1. The van der Waals surface area contributed by atoms with E-state index in [4.69, 9.17) is 27.3 Å². The van der Waals surface area contributed by atoms with Gasteiger partial charge >= 0.3 is 11.9 Å². The molecule has 0 aromatic carbocycles. The molecular formula is C26H31ClN8O7S2. The highest BCUT2D eigenvalue weighted by Crippen LogP contribution is 2.41. The summed E-state index contributed by atoms with van der Waals surface area (Å²) in [7, 11) is 0. The van der Waals surface area contributed by atoms with Gasteiger partial charge in [-0.15, -0.1) is 11.8 Å². The molecular weight excluding hydrogens is 636 g/mol. The number of allylic oxidation sites excluding steroid dienone is 1. The van der Waals surface area contributed by atoms with Crippen molar-refractivity contribution in [1.82, 2.24) is 30.7 Å². The molecule has 0 radical (unpaired) electrons. The molecule has 2 fully saturated rings. The number of carbonyl (C=O) groups excluding carboxylic acids is 2. The molecule has 2 amide bonds. The molecule has 5 atom stereocenters. The number of thiazole rings is 1. The number of nitrogens with two attached hydrogens (primary N) is 1. The van der Waals surface area contributed by atoms with Gasteiger partial charge in [0.2, 0.25) is 6.10 Å². The summed E-state index contributed by atoms with van der Waals surface area (Å²) in [5.41, 5.74) is 6.55. The van der Waals surface area contributed by atoms with Gasteiger partial charge in [0.05, 0.1) is 0 Å². The third-order valence-electron chi connectivity index (χ3n) is 7.42. The molecule has 2 saturated heterocycles. The van der Waals surface area contributed by atoms with Gasteiger partial charge in [0.25, 0.3) is 11.8 Å². The summed E-state index contributed by atoms with van der Waals surface area (Å²) in [6.45, 7) is 5.41. The highest BCUT2D eigenvalue weighted by molar-refractivity contribution is 8.00. The van der Waals surface area contributed by atoms with E-state index in [1.807, 2.05) is 24.1 Å². The minimum absolute atomic E-state index is 0.00611. The van der Waals surface area contributed by atoms with E-state index in [1.165, 1.54) is 23.6 Å². The SMILES string of the molecule is CC1C=C(N[C@@H]2CCNC2)C=CN1CC1=C(C(=O)O)N2C(=O)[C@@H](NC(=O)/C(=N\O[C@@H](C)C(=O)O)c3nc(N)sc3Cl)[C@H]2SC1. The Balaban J connectivity index is 1.29. The molecule has 5 rings (SSSR count). The van der Waals surface area contributed by atoms with E-state index in [9.17, 15) is 24.3 Å². The Kier molecular flexibility index (Phi) is 9.38. The van der Waals surface area contributed by atoms with Crippen LogP contribution < -0.4 is 21.7 Å². The van der Waals surface area contributed by atoms with E-state index in [2.05, 4.69) is 32.2 Å². The first-order chi connectivity index (χ1) is 20.9. The number of carbonyl (C=O) groups is 4. The first-order valence-electron chi connectivity index (χ1n) is 13.7. The molecule has 7 N–H and O–H groups in total. The van der Waals surface area contributed by atoms with E-state index in [0.29, 0.717) is 23.9 Å². The van der Waals surface area contributed by atoms with E-state index in [0.717, 1.165) is 36.5 Å². The van der Waals surface area contributed by atoms with Crippen LogP contribution in [0.5, 0.6) is 0 Å². The van der Waals surface area contributed by atoms with Crippen molar-refractivity contribution in [2.24, 2.45) is 5.16 Å². The monoisotopic (exact) mass is 666 g/mol. The Bertz CT molecular complexity index is 1490. The lowest BCUT2D eigenvalue weighted by molar-refractivity contribution is -0.150. The van der Waals surface area contributed by atoms with Crippen molar-refractivity contribution in [2.45, 2.75) is 49.9 Å². The third-order valence-corrected chi connectivity index (χ3v) is 9.85. The van der Waals surface area contributed by atoms with Gasteiger partial charge in [0.1, 0.15) is 27.1 Å². The van der Waals surface area contributed by atoms with Crippen LogP contribution in [0.3, 0.4) is 0 Å². The average molecular weight is 667 g/mol. The van der Waals surface area contributed by atoms with Crippen molar-refractivity contribution in [1.29, 1.82) is 0 Å². The van der Waals surface area contributed by atoms with Crippen LogP contribution in [0.15, 0.2) is 40.5 Å². The zero-order chi connectivity index (χ0) is 31.7. The quantitative estimate of drug-likeness (QED) is 0.107. The number of halogens is 1. The molecule has 0 aliphatic carbocycles. The number of thioether (sulfide) groups is 1. The van der Waals surface area contributed by atoms with Crippen LogP contribution in [0.25, 0.3) is 0 Å². The Morgan fingerprint density at radius 1 is 1.36 bits per heavy atom. The van der Waals surface area contributed by atoms with E-state index in [-0.39, 0.29) is 26.9 Å². The Morgan fingerprint density at radius 3 is 2.75 bits per heavy atom. The summed E-state index contributed by atoms with van der Waals surface area (Å²) in [4.78, 5) is 62.3. The number of rotatable bonds is 11. The summed E-state index contributed by atoms with van der Waals surface area (Å²) in [6, 6.07) is -0.740. The van der Waals surface area contributed by atoms with Crippen LogP contribution in [-0.2, 0) is 24.0 Å². The second-order valence-electron chi connectivity index (χ2n) is 10.5. The Morgan fingerprint density at radius 2 is 2.14 bits per heavy atom. The van der Waals surface area contributed by atoms with Gasteiger partial charge in [-0.05, 0) is 44.5 Å². The fraction of sp³-hybridized carbons (Fsp3) is 0.462. The van der Waals surface area contributed by atoms with Crippen LogP contribution in [-0.4, -0.2) is 109 Å². The fourth-order valence-electron chi connectivity index (χ4n) is 5.10. The van der Waals surface area contributed by atoms with Crippen molar-refractivity contribution in [3.8, 4) is 0 Å². The number of nitrogens with one attached hydrogen (secondary N) is 3. The number of carboxylic acids is 2. The van der Waals surface area contributed by atoms with Crippen LogP contribution in [0, 0.1) is 0 Å². The van der Waals surface area contributed by atoms with Crippen molar-refractivity contribution >= 4 is 69.3 Å². The van der Waals surface area contributed by atoms with Gasteiger partial charge in [-0.1, -0.05) is 28.1 Å². The molecule has 5 heterocycles. The van der Waals surface area contributed by atoms with Crippen LogP contribution in [0.1, 0.15) is 26.0 Å². The third kappa shape index (κ3) is 6.50. The number of nitrogen functional groups attached to an aromatic ring is 1. The van der Waals surface area contributed by atoms with Crippen molar-refractivity contribution in [3.63, 3.8) is 0 Å². The standard InChI is InChI=1S/C26H31ClN8O7S2/c1-11-7-14(30-15-3-5-29-8-15)4-6-34(11)9-13-10-43-23-18(22(37)35(23)19(13)25(40)41)31-21(36)17(33-42-12(2)24(38)39)16-20(27)44-26(28)32-16/h4,6-7,11-12,15,18,23,29-30H,3,5,8-10H2,1-2H3,(H2,28,32)(H,31,36)(H,38,39)(H,40,41)/b33-17-/t11?,12-,15+,18+,23+/m0/s1. The maximum atomic E-state index is 13.3. The number of aromatic nitrogens is 1. The number of β-lactam (4-membered cyclic amide) rings is 1. The normalized spacial score (nSPS) is 25.7. The number of nitrogens with zero attached hydrogens (tertiary/aromatic N) is 4. The second-order valence-corrected chi connectivity index (χ2v) is 13.2. The number of hydrogen-bond donors (Lipinski definition) is 6. The maximum absolute atomic E-state index is 13.3. The molecule has 44 heavy (non-hydrogen) atoms. The Labute approximate surface area is 265 Å². The summed E-state index contributed by atoms with van der Waals surface area (Å²) >= 11 is 8.35. The summed E-state index contributed by atoms with van der Waals surface area (Å²) in [5, 5.41) is 31.6. The fourth-order valence-corrected chi connectivity index (χ4v) is 7.36. The molecule has 0 saturated carbocycles. The molecule has 1 unspecified atom stereocenters. The zero-order valence-electron chi connectivity index (χ0n) is 23.7. The van der Waals surface area contributed by atoms with Gasteiger partial charge in [-0.25, -0.2) is 14.6 Å². The first-order valence-corrected chi connectivity index (χ1v) is 15.9.